The predicted molar refractivity (Wildman–Crippen MR) is 74.9 cm³/mol. The number of rotatable bonds is 2. The van der Waals surface area contributed by atoms with Crippen molar-refractivity contribution in [3.63, 3.8) is 0 Å². The second kappa shape index (κ2) is 4.69. The molecule has 18 heavy (non-hydrogen) atoms. The number of primary amides is 1. The fraction of sp³-hybridized carbons (Fsp3) is 0.462. The van der Waals surface area contributed by atoms with Gasteiger partial charge in [0.1, 0.15) is 0 Å². The van der Waals surface area contributed by atoms with E-state index in [4.69, 9.17) is 23.1 Å². The molecule has 1 amide bonds. The molecule has 98 valence electrons. The van der Waals surface area contributed by atoms with E-state index >= 15 is 0 Å². The Bertz CT molecular complexity index is 479. The summed E-state index contributed by atoms with van der Waals surface area (Å²) < 4.78 is 0. The van der Waals surface area contributed by atoms with E-state index in [0.717, 1.165) is 18.8 Å². The van der Waals surface area contributed by atoms with Crippen molar-refractivity contribution in [2.45, 2.75) is 13.8 Å². The number of halogens is 1. The van der Waals surface area contributed by atoms with Crippen molar-refractivity contribution in [1.29, 1.82) is 0 Å². The molecule has 1 aromatic rings. The van der Waals surface area contributed by atoms with Crippen molar-refractivity contribution in [2.24, 2.45) is 17.6 Å². The van der Waals surface area contributed by atoms with Crippen LogP contribution >= 0.6 is 11.6 Å². The maximum absolute atomic E-state index is 11.5. The highest BCUT2D eigenvalue weighted by atomic mass is 35.5. The van der Waals surface area contributed by atoms with Gasteiger partial charge < -0.3 is 16.4 Å². The molecule has 1 aliphatic heterocycles. The third-order valence-electron chi connectivity index (χ3n) is 3.66. The first-order valence-corrected chi connectivity index (χ1v) is 6.41. The fourth-order valence-electron chi connectivity index (χ4n) is 2.44. The molecule has 0 spiro atoms. The molecule has 4 nitrogen and oxygen atoms in total. The standard InChI is InChI=1S/C13H18ClN3O/c1-7-5-17(6-8(7)2)12-10(13(16)18)3-9(15)4-11(12)14/h3-4,7-8H,5-6,15H2,1-2H3,(H2,16,18). The van der Waals surface area contributed by atoms with Gasteiger partial charge in [0, 0.05) is 18.8 Å². The van der Waals surface area contributed by atoms with E-state index < -0.39 is 5.91 Å². The second-order valence-corrected chi connectivity index (χ2v) is 5.53. The Kier molecular flexibility index (Phi) is 3.39. The lowest BCUT2D eigenvalue weighted by atomic mass is 10.0. The minimum absolute atomic E-state index is 0.404. The molecular formula is C13H18ClN3O. The normalized spacial score (nSPS) is 23.4. The summed E-state index contributed by atoms with van der Waals surface area (Å²) in [5, 5.41) is 0.491. The van der Waals surface area contributed by atoms with E-state index in [1.54, 1.807) is 12.1 Å². The maximum Gasteiger partial charge on any atom is 0.250 e. The Morgan fingerprint density at radius 2 is 1.89 bits per heavy atom. The van der Waals surface area contributed by atoms with E-state index in [9.17, 15) is 4.79 Å². The molecule has 0 radical (unpaired) electrons. The number of carbonyl (C=O) groups is 1. The van der Waals surface area contributed by atoms with Crippen LogP contribution in [0.3, 0.4) is 0 Å². The lowest BCUT2D eigenvalue weighted by molar-refractivity contribution is 0.100. The lowest BCUT2D eigenvalue weighted by Gasteiger charge is -2.22. The van der Waals surface area contributed by atoms with Crippen molar-refractivity contribution in [3.05, 3.63) is 22.7 Å². The Morgan fingerprint density at radius 1 is 1.33 bits per heavy atom. The highest BCUT2D eigenvalue weighted by Crippen LogP contribution is 2.36. The zero-order valence-electron chi connectivity index (χ0n) is 10.6. The minimum atomic E-state index is -0.494. The summed E-state index contributed by atoms with van der Waals surface area (Å²) in [6.45, 7) is 6.15. The molecule has 1 aliphatic rings. The highest BCUT2D eigenvalue weighted by Gasteiger charge is 2.29. The first-order chi connectivity index (χ1) is 8.40. The lowest BCUT2D eigenvalue weighted by Crippen LogP contribution is -2.25. The average Bonchev–Trinajstić information content (AvgIpc) is 2.57. The van der Waals surface area contributed by atoms with Gasteiger partial charge in [-0.05, 0) is 24.0 Å². The second-order valence-electron chi connectivity index (χ2n) is 5.12. The number of anilines is 2. The van der Waals surface area contributed by atoms with Crippen molar-refractivity contribution in [3.8, 4) is 0 Å². The molecule has 1 heterocycles. The van der Waals surface area contributed by atoms with Gasteiger partial charge in [-0.3, -0.25) is 4.79 Å². The molecule has 4 N–H and O–H groups in total. The van der Waals surface area contributed by atoms with Gasteiger partial charge in [0.15, 0.2) is 0 Å². The fourth-order valence-corrected chi connectivity index (χ4v) is 2.79. The van der Waals surface area contributed by atoms with Gasteiger partial charge >= 0.3 is 0 Å². The minimum Gasteiger partial charge on any atom is -0.399 e. The van der Waals surface area contributed by atoms with Crippen LogP contribution in [0.4, 0.5) is 11.4 Å². The SMILES string of the molecule is CC1CN(c2c(Cl)cc(N)cc2C(N)=O)CC1C. The van der Waals surface area contributed by atoms with Crippen LogP contribution in [0.5, 0.6) is 0 Å². The number of nitrogens with two attached hydrogens (primary N) is 2. The van der Waals surface area contributed by atoms with Gasteiger partial charge in [-0.1, -0.05) is 25.4 Å². The molecule has 2 atom stereocenters. The number of benzene rings is 1. The third kappa shape index (κ3) is 2.25. The summed E-state index contributed by atoms with van der Waals surface area (Å²) in [7, 11) is 0. The van der Waals surface area contributed by atoms with Crippen LogP contribution in [0.25, 0.3) is 0 Å². The van der Waals surface area contributed by atoms with E-state index in [1.807, 2.05) is 0 Å². The summed E-state index contributed by atoms with van der Waals surface area (Å²) in [6.07, 6.45) is 0. The van der Waals surface area contributed by atoms with Gasteiger partial charge in [-0.2, -0.15) is 0 Å². The summed E-state index contributed by atoms with van der Waals surface area (Å²) in [4.78, 5) is 13.6. The van der Waals surface area contributed by atoms with Crippen molar-refractivity contribution in [2.75, 3.05) is 23.7 Å². The quantitative estimate of drug-likeness (QED) is 0.806. The molecule has 2 unspecified atom stereocenters. The molecule has 0 aliphatic carbocycles. The zero-order chi connectivity index (χ0) is 13.4. The molecule has 1 fully saturated rings. The molecular weight excluding hydrogens is 250 g/mol. The number of amides is 1. The van der Waals surface area contributed by atoms with Gasteiger partial charge in [0.25, 0.3) is 5.91 Å². The Hall–Kier alpha value is -1.42. The number of hydrogen-bond donors (Lipinski definition) is 2. The molecule has 0 saturated carbocycles. The smallest absolute Gasteiger partial charge is 0.250 e. The first-order valence-electron chi connectivity index (χ1n) is 6.04. The summed E-state index contributed by atoms with van der Waals surface area (Å²) in [5.74, 6) is 0.644. The van der Waals surface area contributed by atoms with Gasteiger partial charge in [0.05, 0.1) is 16.3 Å². The number of hydrogen-bond acceptors (Lipinski definition) is 3. The van der Waals surface area contributed by atoms with Gasteiger partial charge in [-0.15, -0.1) is 0 Å². The van der Waals surface area contributed by atoms with E-state index in [-0.39, 0.29) is 0 Å². The van der Waals surface area contributed by atoms with E-state index in [2.05, 4.69) is 18.7 Å². The Balaban J connectivity index is 2.47. The average molecular weight is 268 g/mol. The Morgan fingerprint density at radius 3 is 2.39 bits per heavy atom. The van der Waals surface area contributed by atoms with Crippen molar-refractivity contribution >= 4 is 28.9 Å². The number of nitrogen functional groups attached to an aromatic ring is 1. The van der Waals surface area contributed by atoms with Crippen LogP contribution in [-0.4, -0.2) is 19.0 Å². The molecule has 0 aromatic heterocycles. The molecule has 2 rings (SSSR count). The third-order valence-corrected chi connectivity index (χ3v) is 3.94. The van der Waals surface area contributed by atoms with Crippen LogP contribution in [0.2, 0.25) is 5.02 Å². The molecule has 5 heteroatoms. The van der Waals surface area contributed by atoms with Gasteiger partial charge in [-0.25, -0.2) is 0 Å². The highest BCUT2D eigenvalue weighted by molar-refractivity contribution is 6.34. The molecule has 1 aromatic carbocycles. The number of nitrogens with zero attached hydrogens (tertiary/aromatic N) is 1. The van der Waals surface area contributed by atoms with Crippen LogP contribution in [0, 0.1) is 11.8 Å². The monoisotopic (exact) mass is 267 g/mol. The van der Waals surface area contributed by atoms with Crippen LogP contribution in [-0.2, 0) is 0 Å². The van der Waals surface area contributed by atoms with E-state index in [0.29, 0.717) is 28.1 Å². The van der Waals surface area contributed by atoms with Crippen LogP contribution in [0.15, 0.2) is 12.1 Å². The Labute approximate surface area is 112 Å². The topological polar surface area (TPSA) is 72.3 Å². The first kappa shape index (κ1) is 13.0. The molecule has 1 saturated heterocycles. The van der Waals surface area contributed by atoms with Crippen molar-refractivity contribution < 1.29 is 4.79 Å². The predicted octanol–water partition coefficient (Wildman–Crippen LogP) is 2.11. The number of carbonyl (C=O) groups excluding carboxylic acids is 1. The summed E-state index contributed by atoms with van der Waals surface area (Å²) in [6, 6.07) is 3.26. The molecule has 0 bridgehead atoms. The zero-order valence-corrected chi connectivity index (χ0v) is 11.4. The maximum atomic E-state index is 11.5. The van der Waals surface area contributed by atoms with Crippen LogP contribution < -0.4 is 16.4 Å². The summed E-state index contributed by atoms with van der Waals surface area (Å²) >= 11 is 6.22. The summed E-state index contributed by atoms with van der Waals surface area (Å²) in [5.41, 5.74) is 12.7. The van der Waals surface area contributed by atoms with Crippen molar-refractivity contribution in [1.82, 2.24) is 0 Å². The van der Waals surface area contributed by atoms with Gasteiger partial charge in [0.2, 0.25) is 0 Å². The van der Waals surface area contributed by atoms with E-state index in [1.165, 1.54) is 0 Å². The van der Waals surface area contributed by atoms with Crippen LogP contribution in [0.1, 0.15) is 24.2 Å². The largest absolute Gasteiger partial charge is 0.399 e.